The number of benzene rings is 1. The lowest BCUT2D eigenvalue weighted by Gasteiger charge is -2.36. The van der Waals surface area contributed by atoms with E-state index in [1.807, 2.05) is 30.3 Å². The van der Waals surface area contributed by atoms with E-state index < -0.39 is 8.32 Å². The van der Waals surface area contributed by atoms with Crippen LogP contribution in [-0.2, 0) is 0 Å². The van der Waals surface area contributed by atoms with Gasteiger partial charge in [-0.3, -0.25) is 0 Å². The average molecular weight is 368 g/mol. The smallest absolute Gasteiger partial charge is 0.250 e. The second-order valence-electron chi connectivity index (χ2n) is 7.21. The van der Waals surface area contributed by atoms with Gasteiger partial charge in [0.05, 0.1) is 5.38 Å². The summed E-state index contributed by atoms with van der Waals surface area (Å²) < 4.78 is 6.36. The number of halogens is 2. The Labute approximate surface area is 149 Å². The maximum absolute atomic E-state index is 6.59. The first kappa shape index (κ1) is 18.3. The highest BCUT2D eigenvalue weighted by Gasteiger charge is 2.39. The third kappa shape index (κ3) is 4.49. The minimum Gasteiger partial charge on any atom is -0.543 e. The zero-order chi connectivity index (χ0) is 17.3. The lowest BCUT2D eigenvalue weighted by Crippen LogP contribution is -2.43. The van der Waals surface area contributed by atoms with Crippen molar-refractivity contribution in [2.24, 2.45) is 0 Å². The van der Waals surface area contributed by atoms with Crippen molar-refractivity contribution in [2.45, 2.75) is 44.3 Å². The van der Waals surface area contributed by atoms with Crippen LogP contribution in [0.4, 0.5) is 0 Å². The van der Waals surface area contributed by atoms with Gasteiger partial charge in [0, 0.05) is 6.20 Å². The Balaban J connectivity index is 2.24. The molecule has 0 aliphatic carbocycles. The highest BCUT2D eigenvalue weighted by Crippen LogP contribution is 2.38. The molecule has 2 nitrogen and oxygen atoms in total. The number of hydrogen-bond donors (Lipinski definition) is 0. The first-order chi connectivity index (χ1) is 10.6. The Morgan fingerprint density at radius 1 is 1.09 bits per heavy atom. The van der Waals surface area contributed by atoms with Crippen LogP contribution in [-0.4, -0.2) is 13.3 Å². The van der Waals surface area contributed by atoms with E-state index in [1.165, 1.54) is 0 Å². The second-order valence-corrected chi connectivity index (χ2v) is 12.8. The van der Waals surface area contributed by atoms with Crippen LogP contribution in [0.1, 0.15) is 37.3 Å². The number of rotatable bonds is 4. The number of pyridine rings is 1. The standard InChI is InChI=1S/C18H23Cl2NOSi/c1-18(2,3)23(4,5)22-15-8-6-7-13(11-15)17(20)14-9-10-16(19)21-12-14/h6-12,17H,1-5H3. The van der Waals surface area contributed by atoms with E-state index in [1.54, 1.807) is 12.3 Å². The molecule has 0 saturated carbocycles. The second kappa shape index (κ2) is 6.84. The van der Waals surface area contributed by atoms with E-state index in [9.17, 15) is 0 Å². The molecule has 5 heteroatoms. The molecule has 0 aliphatic heterocycles. The minimum absolute atomic E-state index is 0.156. The maximum Gasteiger partial charge on any atom is 0.250 e. The predicted molar refractivity (Wildman–Crippen MR) is 101 cm³/mol. The molecular weight excluding hydrogens is 345 g/mol. The molecule has 124 valence electrons. The van der Waals surface area contributed by atoms with Gasteiger partial charge in [-0.2, -0.15) is 0 Å². The van der Waals surface area contributed by atoms with E-state index in [4.69, 9.17) is 27.6 Å². The van der Waals surface area contributed by atoms with Crippen LogP contribution >= 0.6 is 23.2 Å². The fraction of sp³-hybridized carbons (Fsp3) is 0.389. The van der Waals surface area contributed by atoms with Crippen LogP contribution in [0.15, 0.2) is 42.6 Å². The van der Waals surface area contributed by atoms with Crippen LogP contribution in [0, 0.1) is 0 Å². The van der Waals surface area contributed by atoms with Crippen molar-refractivity contribution < 1.29 is 4.43 Å². The molecule has 1 heterocycles. The molecule has 1 aromatic carbocycles. The lowest BCUT2D eigenvalue weighted by atomic mass is 10.1. The Morgan fingerprint density at radius 3 is 2.35 bits per heavy atom. The van der Waals surface area contributed by atoms with Gasteiger partial charge in [-0.25, -0.2) is 4.98 Å². The SMILES string of the molecule is CC(C)(C)[Si](C)(C)Oc1cccc(C(Cl)c2ccc(Cl)nc2)c1. The first-order valence-electron chi connectivity index (χ1n) is 7.65. The number of alkyl halides is 1. The fourth-order valence-corrected chi connectivity index (χ4v) is 3.31. The van der Waals surface area contributed by atoms with Crippen LogP contribution in [0.5, 0.6) is 5.75 Å². The molecule has 0 amide bonds. The van der Waals surface area contributed by atoms with E-state index >= 15 is 0 Å². The molecule has 2 aromatic rings. The Bertz CT molecular complexity index is 665. The molecule has 2 rings (SSSR count). The highest BCUT2D eigenvalue weighted by atomic mass is 35.5. The van der Waals surface area contributed by atoms with Crippen molar-refractivity contribution in [3.8, 4) is 5.75 Å². The van der Waals surface area contributed by atoms with E-state index in [2.05, 4.69) is 38.8 Å². The maximum atomic E-state index is 6.59. The molecule has 0 fully saturated rings. The molecule has 0 spiro atoms. The van der Waals surface area contributed by atoms with E-state index in [0.717, 1.165) is 16.9 Å². The van der Waals surface area contributed by atoms with Crippen LogP contribution in [0.3, 0.4) is 0 Å². The largest absolute Gasteiger partial charge is 0.543 e. The van der Waals surface area contributed by atoms with Gasteiger partial charge in [-0.15, -0.1) is 11.6 Å². The lowest BCUT2D eigenvalue weighted by molar-refractivity contribution is 0.491. The topological polar surface area (TPSA) is 22.1 Å². The van der Waals surface area contributed by atoms with Crippen molar-refractivity contribution in [3.05, 3.63) is 58.9 Å². The van der Waals surface area contributed by atoms with E-state index in [0.29, 0.717) is 5.15 Å². The Kier molecular flexibility index (Phi) is 5.44. The monoisotopic (exact) mass is 367 g/mol. The molecule has 0 aliphatic rings. The van der Waals surface area contributed by atoms with Crippen LogP contribution in [0.2, 0.25) is 23.3 Å². The molecule has 1 aromatic heterocycles. The van der Waals surface area contributed by atoms with E-state index in [-0.39, 0.29) is 10.4 Å². The minimum atomic E-state index is -1.86. The molecule has 0 bridgehead atoms. The average Bonchev–Trinajstić information content (AvgIpc) is 2.46. The summed E-state index contributed by atoms with van der Waals surface area (Å²) >= 11 is 12.4. The summed E-state index contributed by atoms with van der Waals surface area (Å²) in [6, 6.07) is 11.7. The van der Waals surface area contributed by atoms with Crippen molar-refractivity contribution in [2.75, 3.05) is 0 Å². The molecule has 0 N–H and O–H groups in total. The molecular formula is C18H23Cl2NOSi. The number of hydrogen-bond acceptors (Lipinski definition) is 2. The Hall–Kier alpha value is -1.03. The normalized spacial score (nSPS) is 13.7. The zero-order valence-electron chi connectivity index (χ0n) is 14.2. The van der Waals surface area contributed by atoms with Crippen molar-refractivity contribution in [1.29, 1.82) is 0 Å². The van der Waals surface area contributed by atoms with Crippen LogP contribution in [0.25, 0.3) is 0 Å². The third-order valence-corrected chi connectivity index (χ3v) is 9.46. The summed E-state index contributed by atoms with van der Waals surface area (Å²) in [5.74, 6) is 0.877. The third-order valence-electron chi connectivity index (χ3n) is 4.37. The van der Waals surface area contributed by atoms with Gasteiger partial charge < -0.3 is 4.43 Å². The van der Waals surface area contributed by atoms with Crippen molar-refractivity contribution in [1.82, 2.24) is 4.98 Å². The Morgan fingerprint density at radius 2 is 1.78 bits per heavy atom. The van der Waals surface area contributed by atoms with Gasteiger partial charge in [-0.05, 0) is 47.5 Å². The highest BCUT2D eigenvalue weighted by molar-refractivity contribution is 6.74. The van der Waals surface area contributed by atoms with Gasteiger partial charge in [-0.1, -0.05) is 50.6 Å². The summed E-state index contributed by atoms with van der Waals surface area (Å²) in [4.78, 5) is 4.10. The van der Waals surface area contributed by atoms with Crippen LogP contribution < -0.4 is 4.43 Å². The first-order valence-corrected chi connectivity index (χ1v) is 11.4. The molecule has 1 unspecified atom stereocenters. The van der Waals surface area contributed by atoms with Gasteiger partial charge in [0.1, 0.15) is 10.9 Å². The molecule has 23 heavy (non-hydrogen) atoms. The zero-order valence-corrected chi connectivity index (χ0v) is 16.7. The fourth-order valence-electron chi connectivity index (χ4n) is 1.91. The van der Waals surface area contributed by atoms with Crippen molar-refractivity contribution >= 4 is 31.5 Å². The summed E-state index contributed by atoms with van der Waals surface area (Å²) in [6.07, 6.45) is 1.71. The summed E-state index contributed by atoms with van der Waals surface area (Å²) in [5, 5.41) is 0.346. The predicted octanol–water partition coefficient (Wildman–Crippen LogP) is 6.45. The summed E-state index contributed by atoms with van der Waals surface area (Å²) in [5.41, 5.74) is 1.91. The molecule has 0 radical (unpaired) electrons. The van der Waals surface area contributed by atoms with Crippen molar-refractivity contribution in [3.63, 3.8) is 0 Å². The molecule has 0 saturated heterocycles. The van der Waals surface area contributed by atoms with Gasteiger partial charge in [0.15, 0.2) is 0 Å². The van der Waals surface area contributed by atoms with Gasteiger partial charge in [0.2, 0.25) is 8.32 Å². The number of nitrogens with zero attached hydrogens (tertiary/aromatic N) is 1. The number of aromatic nitrogens is 1. The van der Waals surface area contributed by atoms with Gasteiger partial charge >= 0.3 is 0 Å². The summed E-state index contributed by atoms with van der Waals surface area (Å²) in [7, 11) is -1.86. The van der Waals surface area contributed by atoms with Gasteiger partial charge in [0.25, 0.3) is 0 Å². The molecule has 1 atom stereocenters. The quantitative estimate of drug-likeness (QED) is 0.352. The summed E-state index contributed by atoms with van der Waals surface area (Å²) in [6.45, 7) is 11.2.